The van der Waals surface area contributed by atoms with Gasteiger partial charge >= 0.3 is 0 Å². The van der Waals surface area contributed by atoms with Gasteiger partial charge in [0.15, 0.2) is 0 Å². The first kappa shape index (κ1) is 13.7. The summed E-state index contributed by atoms with van der Waals surface area (Å²) in [7, 11) is 0. The zero-order valence-electron chi connectivity index (χ0n) is 11.0. The molecular weight excluding hydrogens is 304 g/mol. The molecule has 0 heterocycles. The second-order valence-corrected chi connectivity index (χ2v) is 5.17. The molecular formula is C15H17BrN2O. The van der Waals surface area contributed by atoms with E-state index in [2.05, 4.69) is 34.2 Å². The maximum atomic E-state index is 5.87. The number of anilines is 3. The molecule has 2 rings (SSSR count). The van der Waals surface area contributed by atoms with E-state index in [4.69, 9.17) is 10.5 Å². The number of nitrogens with two attached hydrogens (primary N) is 1. The molecule has 0 aliphatic heterocycles. The van der Waals surface area contributed by atoms with Crippen LogP contribution in [0.5, 0.6) is 5.75 Å². The summed E-state index contributed by atoms with van der Waals surface area (Å²) >= 11 is 3.49. The highest BCUT2D eigenvalue weighted by Gasteiger charge is 2.02. The van der Waals surface area contributed by atoms with Crippen LogP contribution in [0.15, 0.2) is 40.9 Å². The lowest BCUT2D eigenvalue weighted by atomic mass is 10.2. The van der Waals surface area contributed by atoms with Crippen molar-refractivity contribution in [2.24, 2.45) is 0 Å². The summed E-state index contributed by atoms with van der Waals surface area (Å²) in [6.45, 7) is 4.63. The second kappa shape index (κ2) is 5.97. The smallest absolute Gasteiger partial charge is 0.123 e. The molecule has 3 nitrogen and oxygen atoms in total. The van der Waals surface area contributed by atoms with Crippen molar-refractivity contribution in [1.29, 1.82) is 0 Å². The van der Waals surface area contributed by atoms with E-state index in [-0.39, 0.29) is 0 Å². The molecule has 19 heavy (non-hydrogen) atoms. The summed E-state index contributed by atoms with van der Waals surface area (Å²) in [6, 6.07) is 11.8. The number of nitrogens with one attached hydrogen (secondary N) is 1. The Bertz CT molecular complexity index is 584. The van der Waals surface area contributed by atoms with Crippen LogP contribution in [0.3, 0.4) is 0 Å². The van der Waals surface area contributed by atoms with E-state index in [1.54, 1.807) is 0 Å². The zero-order chi connectivity index (χ0) is 13.8. The molecule has 3 N–H and O–H groups in total. The van der Waals surface area contributed by atoms with Gasteiger partial charge in [0.25, 0.3) is 0 Å². The maximum absolute atomic E-state index is 5.87. The Morgan fingerprint density at radius 3 is 2.63 bits per heavy atom. The Morgan fingerprint density at radius 2 is 1.95 bits per heavy atom. The van der Waals surface area contributed by atoms with Crippen molar-refractivity contribution in [2.45, 2.75) is 13.8 Å². The van der Waals surface area contributed by atoms with Crippen LogP contribution in [0.2, 0.25) is 0 Å². The third kappa shape index (κ3) is 3.64. The van der Waals surface area contributed by atoms with Gasteiger partial charge in [-0.05, 0) is 43.7 Å². The average Bonchev–Trinajstić information content (AvgIpc) is 2.33. The molecule has 0 unspecified atom stereocenters. The van der Waals surface area contributed by atoms with Crippen LogP contribution in [0.1, 0.15) is 12.5 Å². The van der Waals surface area contributed by atoms with E-state index in [1.807, 2.05) is 37.3 Å². The van der Waals surface area contributed by atoms with Gasteiger partial charge in [-0.2, -0.15) is 0 Å². The molecule has 0 saturated heterocycles. The normalized spacial score (nSPS) is 10.3. The Kier molecular flexibility index (Phi) is 4.32. The first-order valence-electron chi connectivity index (χ1n) is 6.15. The van der Waals surface area contributed by atoms with Crippen LogP contribution in [-0.4, -0.2) is 6.61 Å². The van der Waals surface area contributed by atoms with Crippen molar-refractivity contribution >= 4 is 33.0 Å². The third-order valence-corrected chi connectivity index (χ3v) is 3.58. The summed E-state index contributed by atoms with van der Waals surface area (Å²) in [6.07, 6.45) is 0. The van der Waals surface area contributed by atoms with Gasteiger partial charge in [0.2, 0.25) is 0 Å². The van der Waals surface area contributed by atoms with Gasteiger partial charge in [-0.3, -0.25) is 0 Å². The molecule has 2 aromatic rings. The Hall–Kier alpha value is -1.68. The van der Waals surface area contributed by atoms with Crippen LogP contribution in [0.25, 0.3) is 0 Å². The molecule has 0 aliphatic carbocycles. The SMILES string of the molecule is CCOc1cc(N)cc(Nc2ccc(Br)c(C)c2)c1. The summed E-state index contributed by atoms with van der Waals surface area (Å²) in [5, 5.41) is 3.33. The fourth-order valence-corrected chi connectivity index (χ4v) is 2.08. The predicted octanol–water partition coefficient (Wildman–Crippen LogP) is 4.48. The molecule has 0 bridgehead atoms. The summed E-state index contributed by atoms with van der Waals surface area (Å²) in [5.74, 6) is 0.777. The van der Waals surface area contributed by atoms with E-state index in [1.165, 1.54) is 5.56 Å². The number of halogens is 1. The molecule has 100 valence electrons. The van der Waals surface area contributed by atoms with Crippen LogP contribution >= 0.6 is 15.9 Å². The van der Waals surface area contributed by atoms with Crippen molar-refractivity contribution in [3.8, 4) is 5.75 Å². The maximum Gasteiger partial charge on any atom is 0.123 e. The minimum absolute atomic E-state index is 0.625. The second-order valence-electron chi connectivity index (χ2n) is 4.31. The highest BCUT2D eigenvalue weighted by atomic mass is 79.9. The standard InChI is InChI=1S/C15H17BrN2O/c1-3-19-14-8-11(17)7-13(9-14)18-12-4-5-15(16)10(2)6-12/h4-9,18H,3,17H2,1-2H3. The first-order chi connectivity index (χ1) is 9.08. The lowest BCUT2D eigenvalue weighted by Gasteiger charge is -2.11. The van der Waals surface area contributed by atoms with Gasteiger partial charge in [-0.1, -0.05) is 15.9 Å². The van der Waals surface area contributed by atoms with Gasteiger partial charge in [0, 0.05) is 33.7 Å². The molecule has 0 amide bonds. The molecule has 0 spiro atoms. The molecule has 2 aromatic carbocycles. The number of nitrogen functional groups attached to an aromatic ring is 1. The van der Waals surface area contributed by atoms with E-state index in [0.29, 0.717) is 12.3 Å². The quantitative estimate of drug-likeness (QED) is 0.816. The Balaban J connectivity index is 2.24. The molecule has 0 fully saturated rings. The Morgan fingerprint density at radius 1 is 1.16 bits per heavy atom. The number of rotatable bonds is 4. The van der Waals surface area contributed by atoms with Crippen LogP contribution in [0.4, 0.5) is 17.1 Å². The van der Waals surface area contributed by atoms with E-state index in [0.717, 1.165) is 21.6 Å². The number of ether oxygens (including phenoxy) is 1. The first-order valence-corrected chi connectivity index (χ1v) is 6.94. The number of hydrogen-bond donors (Lipinski definition) is 2. The van der Waals surface area contributed by atoms with Crippen molar-refractivity contribution < 1.29 is 4.74 Å². The molecule has 0 aromatic heterocycles. The van der Waals surface area contributed by atoms with Gasteiger partial charge in [-0.25, -0.2) is 0 Å². The zero-order valence-corrected chi connectivity index (χ0v) is 12.6. The largest absolute Gasteiger partial charge is 0.494 e. The fraction of sp³-hybridized carbons (Fsp3) is 0.200. The average molecular weight is 321 g/mol. The van der Waals surface area contributed by atoms with E-state index in [9.17, 15) is 0 Å². The molecule has 0 saturated carbocycles. The van der Waals surface area contributed by atoms with Gasteiger partial charge in [-0.15, -0.1) is 0 Å². The van der Waals surface area contributed by atoms with Crippen molar-refractivity contribution in [3.63, 3.8) is 0 Å². The monoisotopic (exact) mass is 320 g/mol. The van der Waals surface area contributed by atoms with Crippen molar-refractivity contribution in [1.82, 2.24) is 0 Å². The van der Waals surface area contributed by atoms with Crippen LogP contribution < -0.4 is 15.8 Å². The fourth-order valence-electron chi connectivity index (χ4n) is 1.83. The van der Waals surface area contributed by atoms with Crippen molar-refractivity contribution in [2.75, 3.05) is 17.7 Å². The molecule has 0 radical (unpaired) electrons. The summed E-state index contributed by atoms with van der Waals surface area (Å²) in [4.78, 5) is 0. The van der Waals surface area contributed by atoms with Crippen LogP contribution in [-0.2, 0) is 0 Å². The predicted molar refractivity (Wildman–Crippen MR) is 84.2 cm³/mol. The number of benzene rings is 2. The van der Waals surface area contributed by atoms with Gasteiger partial charge < -0.3 is 15.8 Å². The van der Waals surface area contributed by atoms with Gasteiger partial charge in [0.05, 0.1) is 6.61 Å². The lowest BCUT2D eigenvalue weighted by Crippen LogP contribution is -1.97. The van der Waals surface area contributed by atoms with Crippen LogP contribution in [0, 0.1) is 6.92 Å². The van der Waals surface area contributed by atoms with E-state index >= 15 is 0 Å². The molecule has 4 heteroatoms. The topological polar surface area (TPSA) is 47.3 Å². The number of hydrogen-bond acceptors (Lipinski definition) is 3. The van der Waals surface area contributed by atoms with E-state index < -0.39 is 0 Å². The van der Waals surface area contributed by atoms with Gasteiger partial charge in [0.1, 0.15) is 5.75 Å². The minimum Gasteiger partial charge on any atom is -0.494 e. The highest BCUT2D eigenvalue weighted by molar-refractivity contribution is 9.10. The summed E-state index contributed by atoms with van der Waals surface area (Å²) < 4.78 is 6.58. The number of aryl methyl sites for hydroxylation is 1. The highest BCUT2D eigenvalue weighted by Crippen LogP contribution is 2.27. The lowest BCUT2D eigenvalue weighted by molar-refractivity contribution is 0.340. The molecule has 0 aliphatic rings. The Labute approximate surface area is 121 Å². The third-order valence-electron chi connectivity index (χ3n) is 2.69. The summed E-state index contributed by atoms with van der Waals surface area (Å²) in [5.41, 5.74) is 9.68. The minimum atomic E-state index is 0.625. The van der Waals surface area contributed by atoms with Crippen molar-refractivity contribution in [3.05, 3.63) is 46.4 Å². The molecule has 0 atom stereocenters.